The molecule has 3 aromatic rings. The van der Waals surface area contributed by atoms with Crippen LogP contribution in [0.1, 0.15) is 43.6 Å². The Morgan fingerprint density at radius 3 is 1.78 bits per heavy atom. The Balaban J connectivity index is 1.65. The largest absolute Gasteiger partial charge is 0.476 e. The predicted octanol–water partition coefficient (Wildman–Crippen LogP) is 5.76. The monoisotopic (exact) mass is 449 g/mol. The second kappa shape index (κ2) is 9.92. The van der Waals surface area contributed by atoms with Crippen molar-refractivity contribution in [1.82, 2.24) is 0 Å². The average Bonchev–Trinajstić information content (AvgIpc) is 2.75. The molecule has 0 aliphatic heterocycles. The molecule has 166 valence electrons. The van der Waals surface area contributed by atoms with E-state index in [1.165, 1.54) is 0 Å². The molecule has 0 spiro atoms. The molecule has 0 amide bonds. The van der Waals surface area contributed by atoms with Gasteiger partial charge in [0.2, 0.25) is 0 Å². The first-order valence-corrected chi connectivity index (χ1v) is 11.1. The maximum atomic E-state index is 12.8. The molecule has 6 heteroatoms. The summed E-state index contributed by atoms with van der Waals surface area (Å²) in [5.41, 5.74) is 6.46. The number of esters is 1. The van der Waals surface area contributed by atoms with E-state index in [2.05, 4.69) is 0 Å². The third-order valence-corrected chi connectivity index (χ3v) is 5.57. The van der Waals surface area contributed by atoms with Crippen molar-refractivity contribution in [3.63, 3.8) is 0 Å². The Labute approximate surface area is 192 Å². The minimum atomic E-state index is -1.13. The van der Waals surface area contributed by atoms with Gasteiger partial charge in [0.1, 0.15) is 5.75 Å². The quantitative estimate of drug-likeness (QED) is 0.268. The summed E-state index contributed by atoms with van der Waals surface area (Å²) in [4.78, 5) is 27.1. The Morgan fingerprint density at radius 1 is 0.812 bits per heavy atom. The van der Waals surface area contributed by atoms with Gasteiger partial charge in [0.15, 0.2) is 11.4 Å². The highest BCUT2D eigenvalue weighted by Crippen LogP contribution is 2.29. The number of anilines is 1. The molecular formula is C26H27NO4S. The third kappa shape index (κ3) is 6.14. The van der Waals surface area contributed by atoms with Crippen LogP contribution in [-0.4, -0.2) is 23.5 Å². The van der Waals surface area contributed by atoms with Gasteiger partial charge in [-0.2, -0.15) is 0 Å². The van der Waals surface area contributed by atoms with Crippen LogP contribution in [0.25, 0.3) is 0 Å². The SMILES string of the molecule is CC(C)OC(=O)C(C)(C)Oc1ccc(C(=O)c2ccc(Sc3ccc(N)cc3)cc2)cc1. The van der Waals surface area contributed by atoms with Crippen LogP contribution in [0.15, 0.2) is 82.6 Å². The van der Waals surface area contributed by atoms with Gasteiger partial charge in [-0.3, -0.25) is 4.79 Å². The molecule has 0 heterocycles. The van der Waals surface area contributed by atoms with Gasteiger partial charge in [-0.05, 0) is 100 Å². The number of rotatable bonds is 8. The molecule has 0 aliphatic carbocycles. The summed E-state index contributed by atoms with van der Waals surface area (Å²) in [6.07, 6.45) is -0.221. The second-order valence-electron chi connectivity index (χ2n) is 8.12. The molecule has 0 aromatic heterocycles. The first-order valence-electron chi connectivity index (χ1n) is 10.3. The maximum absolute atomic E-state index is 12.8. The smallest absolute Gasteiger partial charge is 0.350 e. The van der Waals surface area contributed by atoms with E-state index in [1.54, 1.807) is 63.7 Å². The second-order valence-corrected chi connectivity index (χ2v) is 9.26. The summed E-state index contributed by atoms with van der Waals surface area (Å²) in [5, 5.41) is 0. The van der Waals surface area contributed by atoms with Crippen molar-refractivity contribution in [1.29, 1.82) is 0 Å². The molecule has 0 atom stereocenters. The first kappa shape index (κ1) is 23.4. The van der Waals surface area contributed by atoms with Crippen LogP contribution in [0, 0.1) is 0 Å². The first-order chi connectivity index (χ1) is 15.1. The highest BCUT2D eigenvalue weighted by molar-refractivity contribution is 7.99. The molecule has 3 rings (SSSR count). The fraction of sp³-hybridized carbons (Fsp3) is 0.231. The average molecular weight is 450 g/mol. The number of nitrogens with two attached hydrogens (primary N) is 1. The molecule has 3 aromatic carbocycles. The van der Waals surface area contributed by atoms with Gasteiger partial charge in [-0.1, -0.05) is 11.8 Å². The van der Waals surface area contributed by atoms with Crippen molar-refractivity contribution < 1.29 is 19.1 Å². The number of hydrogen-bond acceptors (Lipinski definition) is 6. The molecule has 0 saturated carbocycles. The number of hydrogen-bond donors (Lipinski definition) is 1. The minimum absolute atomic E-state index is 0.0842. The predicted molar refractivity (Wildman–Crippen MR) is 127 cm³/mol. The van der Waals surface area contributed by atoms with E-state index >= 15 is 0 Å². The van der Waals surface area contributed by atoms with Crippen molar-refractivity contribution in [3.05, 3.63) is 83.9 Å². The molecule has 0 bridgehead atoms. The lowest BCUT2D eigenvalue weighted by molar-refractivity contribution is -0.163. The highest BCUT2D eigenvalue weighted by atomic mass is 32.2. The standard InChI is InChI=1S/C26H27NO4S/c1-17(2)30-25(29)26(3,4)31-21-11-5-18(6-12-21)24(28)19-7-13-22(14-8-19)32-23-15-9-20(27)10-16-23/h5-17H,27H2,1-4H3. The molecule has 2 N–H and O–H groups in total. The number of nitrogen functional groups attached to an aromatic ring is 1. The Morgan fingerprint density at radius 2 is 1.28 bits per heavy atom. The summed E-state index contributed by atoms with van der Waals surface area (Å²) in [7, 11) is 0. The Hall–Kier alpha value is -3.25. The number of ketones is 1. The van der Waals surface area contributed by atoms with Crippen LogP contribution >= 0.6 is 11.8 Å². The summed E-state index contributed by atoms with van der Waals surface area (Å²) >= 11 is 1.60. The van der Waals surface area contributed by atoms with Crippen LogP contribution in [-0.2, 0) is 9.53 Å². The molecular weight excluding hydrogens is 422 g/mol. The molecule has 0 radical (unpaired) electrons. The van der Waals surface area contributed by atoms with E-state index in [0.717, 1.165) is 15.5 Å². The topological polar surface area (TPSA) is 78.6 Å². The van der Waals surface area contributed by atoms with E-state index in [1.807, 2.05) is 48.5 Å². The van der Waals surface area contributed by atoms with E-state index < -0.39 is 11.6 Å². The fourth-order valence-electron chi connectivity index (χ4n) is 2.88. The fourth-order valence-corrected chi connectivity index (χ4v) is 3.70. The minimum Gasteiger partial charge on any atom is -0.476 e. The van der Waals surface area contributed by atoms with Gasteiger partial charge in [-0.15, -0.1) is 0 Å². The summed E-state index contributed by atoms with van der Waals surface area (Å²) in [6, 6.07) is 21.9. The number of carbonyl (C=O) groups is 2. The van der Waals surface area contributed by atoms with Crippen molar-refractivity contribution in [2.75, 3.05) is 5.73 Å². The molecule has 0 aliphatic rings. The van der Waals surface area contributed by atoms with E-state index in [-0.39, 0.29) is 11.9 Å². The molecule has 32 heavy (non-hydrogen) atoms. The van der Waals surface area contributed by atoms with Crippen molar-refractivity contribution >= 4 is 29.2 Å². The summed E-state index contributed by atoms with van der Waals surface area (Å²) in [5.74, 6) is -0.0360. The number of ether oxygens (including phenoxy) is 2. The number of benzene rings is 3. The van der Waals surface area contributed by atoms with Crippen LogP contribution < -0.4 is 10.5 Å². The van der Waals surface area contributed by atoms with Crippen LogP contribution in [0.2, 0.25) is 0 Å². The maximum Gasteiger partial charge on any atom is 0.350 e. The van der Waals surface area contributed by atoms with E-state index in [9.17, 15) is 9.59 Å². The lowest BCUT2D eigenvalue weighted by Gasteiger charge is -2.25. The van der Waals surface area contributed by atoms with Crippen LogP contribution in [0.5, 0.6) is 5.75 Å². The Kier molecular flexibility index (Phi) is 7.26. The lowest BCUT2D eigenvalue weighted by Crippen LogP contribution is -2.40. The van der Waals surface area contributed by atoms with Gasteiger partial charge in [-0.25, -0.2) is 4.79 Å². The van der Waals surface area contributed by atoms with Gasteiger partial charge < -0.3 is 15.2 Å². The zero-order chi connectivity index (χ0) is 23.3. The summed E-state index contributed by atoms with van der Waals surface area (Å²) < 4.78 is 11.0. The summed E-state index contributed by atoms with van der Waals surface area (Å²) in [6.45, 7) is 6.89. The molecule has 0 unspecified atom stereocenters. The Bertz CT molecular complexity index is 1070. The molecule has 5 nitrogen and oxygen atoms in total. The van der Waals surface area contributed by atoms with Gasteiger partial charge >= 0.3 is 5.97 Å². The number of carbonyl (C=O) groups excluding carboxylic acids is 2. The van der Waals surface area contributed by atoms with Crippen molar-refractivity contribution in [2.24, 2.45) is 0 Å². The van der Waals surface area contributed by atoms with Gasteiger partial charge in [0, 0.05) is 26.6 Å². The van der Waals surface area contributed by atoms with Crippen molar-refractivity contribution in [3.8, 4) is 5.75 Å². The van der Waals surface area contributed by atoms with E-state index in [0.29, 0.717) is 16.9 Å². The van der Waals surface area contributed by atoms with Crippen molar-refractivity contribution in [2.45, 2.75) is 49.2 Å². The van der Waals surface area contributed by atoms with Gasteiger partial charge in [0.25, 0.3) is 0 Å². The van der Waals surface area contributed by atoms with Gasteiger partial charge in [0.05, 0.1) is 6.10 Å². The van der Waals surface area contributed by atoms with Crippen LogP contribution in [0.4, 0.5) is 5.69 Å². The van der Waals surface area contributed by atoms with E-state index in [4.69, 9.17) is 15.2 Å². The lowest BCUT2D eigenvalue weighted by atomic mass is 10.0. The normalized spacial score (nSPS) is 11.3. The van der Waals surface area contributed by atoms with Crippen LogP contribution in [0.3, 0.4) is 0 Å². The third-order valence-electron chi connectivity index (χ3n) is 4.56. The zero-order valence-electron chi connectivity index (χ0n) is 18.6. The highest BCUT2D eigenvalue weighted by Gasteiger charge is 2.32. The molecule has 0 fully saturated rings. The molecule has 0 saturated heterocycles. The zero-order valence-corrected chi connectivity index (χ0v) is 19.4.